The fourth-order valence-corrected chi connectivity index (χ4v) is 3.68. The molecule has 2 aromatic heterocycles. The van der Waals surface area contributed by atoms with Gasteiger partial charge < -0.3 is 4.98 Å². The number of rotatable bonds is 1. The summed E-state index contributed by atoms with van der Waals surface area (Å²) in [5, 5.41) is 2.65. The molecule has 124 valence electrons. The Morgan fingerprint density at radius 2 is 1.62 bits per heavy atom. The van der Waals surface area contributed by atoms with E-state index < -0.39 is 0 Å². The average molecular weight is 357 g/mol. The average Bonchev–Trinajstić information content (AvgIpc) is 2.68. The van der Waals surface area contributed by atoms with Crippen molar-refractivity contribution in [2.75, 3.05) is 0 Å². The maximum absolute atomic E-state index is 13.4. The van der Waals surface area contributed by atoms with Crippen LogP contribution in [0.25, 0.3) is 44.0 Å². The zero-order chi connectivity index (χ0) is 17.7. The molecule has 0 aliphatic heterocycles. The molecule has 0 bridgehead atoms. The van der Waals surface area contributed by atoms with E-state index in [9.17, 15) is 4.79 Å². The Morgan fingerprint density at radius 1 is 0.846 bits per heavy atom. The number of pyridine rings is 2. The van der Waals surface area contributed by atoms with Crippen molar-refractivity contribution in [3.05, 3.63) is 88.0 Å². The number of hydrogen-bond acceptors (Lipinski definition) is 2. The van der Waals surface area contributed by atoms with Crippen molar-refractivity contribution in [3.63, 3.8) is 0 Å². The van der Waals surface area contributed by atoms with Gasteiger partial charge in [0.1, 0.15) is 5.65 Å². The summed E-state index contributed by atoms with van der Waals surface area (Å²) in [6.45, 7) is 0. The first-order chi connectivity index (χ1) is 12.7. The van der Waals surface area contributed by atoms with Gasteiger partial charge in [-0.05, 0) is 29.8 Å². The predicted molar refractivity (Wildman–Crippen MR) is 108 cm³/mol. The molecule has 5 aromatic rings. The lowest BCUT2D eigenvalue weighted by Gasteiger charge is -2.12. The molecule has 3 aromatic carbocycles. The standard InChI is InChI=1S/C22H13ClN2O/c23-14-10-11-18-16(12-14)21(26)20-19(13-6-2-1-3-7-13)15-8-4-5-9-17(15)24-22(20)25-18/h1-12H,(H,24,25,26). The van der Waals surface area contributed by atoms with Crippen molar-refractivity contribution >= 4 is 44.4 Å². The number of H-pyrrole nitrogens is 1. The van der Waals surface area contributed by atoms with Gasteiger partial charge in [0.15, 0.2) is 5.43 Å². The van der Waals surface area contributed by atoms with Crippen LogP contribution in [0, 0.1) is 0 Å². The van der Waals surface area contributed by atoms with Crippen LogP contribution in [0.5, 0.6) is 0 Å². The smallest absolute Gasteiger partial charge is 0.199 e. The van der Waals surface area contributed by atoms with Gasteiger partial charge >= 0.3 is 0 Å². The fourth-order valence-electron chi connectivity index (χ4n) is 3.50. The molecule has 0 saturated carbocycles. The highest BCUT2D eigenvalue weighted by atomic mass is 35.5. The molecular formula is C22H13ClN2O. The molecule has 0 unspecified atom stereocenters. The lowest BCUT2D eigenvalue weighted by Crippen LogP contribution is -2.07. The van der Waals surface area contributed by atoms with Gasteiger partial charge in [0.05, 0.1) is 16.4 Å². The predicted octanol–water partition coefficient (Wildman–Crippen LogP) is 5.55. The van der Waals surface area contributed by atoms with Crippen LogP contribution in [0.1, 0.15) is 0 Å². The number of hydrogen-bond donors (Lipinski definition) is 1. The van der Waals surface area contributed by atoms with Gasteiger partial charge in [-0.1, -0.05) is 60.1 Å². The molecule has 26 heavy (non-hydrogen) atoms. The Bertz CT molecular complexity index is 1360. The van der Waals surface area contributed by atoms with E-state index in [2.05, 4.69) is 4.98 Å². The molecule has 0 fully saturated rings. The zero-order valence-corrected chi connectivity index (χ0v) is 14.4. The van der Waals surface area contributed by atoms with Crippen LogP contribution < -0.4 is 5.43 Å². The van der Waals surface area contributed by atoms with E-state index in [0.29, 0.717) is 21.4 Å². The van der Waals surface area contributed by atoms with E-state index in [4.69, 9.17) is 16.6 Å². The molecule has 0 atom stereocenters. The van der Waals surface area contributed by atoms with E-state index in [1.54, 1.807) is 12.1 Å². The highest BCUT2D eigenvalue weighted by molar-refractivity contribution is 6.31. The van der Waals surface area contributed by atoms with Crippen molar-refractivity contribution in [2.45, 2.75) is 0 Å². The van der Waals surface area contributed by atoms with Gasteiger partial charge in [0, 0.05) is 21.4 Å². The van der Waals surface area contributed by atoms with Gasteiger partial charge in [0.25, 0.3) is 0 Å². The van der Waals surface area contributed by atoms with Crippen molar-refractivity contribution < 1.29 is 0 Å². The third kappa shape index (κ3) is 2.21. The molecule has 4 heteroatoms. The summed E-state index contributed by atoms with van der Waals surface area (Å²) in [4.78, 5) is 21.4. The van der Waals surface area contributed by atoms with E-state index in [1.165, 1.54) is 0 Å². The number of aromatic amines is 1. The fraction of sp³-hybridized carbons (Fsp3) is 0. The number of aromatic nitrogens is 2. The molecule has 0 aliphatic rings. The van der Waals surface area contributed by atoms with Gasteiger partial charge in [-0.2, -0.15) is 0 Å². The number of benzene rings is 3. The van der Waals surface area contributed by atoms with Gasteiger partial charge in [-0.25, -0.2) is 4.98 Å². The van der Waals surface area contributed by atoms with Crippen LogP contribution in [0.4, 0.5) is 0 Å². The SMILES string of the molecule is O=c1c2cc(Cl)ccc2[nH]c2nc3ccccc3c(-c3ccccc3)c12. The molecule has 1 N–H and O–H groups in total. The summed E-state index contributed by atoms with van der Waals surface area (Å²) < 4.78 is 0. The number of fused-ring (bicyclic) bond motifs is 3. The lowest BCUT2D eigenvalue weighted by molar-refractivity contribution is 1.37. The lowest BCUT2D eigenvalue weighted by atomic mass is 9.96. The summed E-state index contributed by atoms with van der Waals surface area (Å²) in [5.74, 6) is 0. The molecule has 0 spiro atoms. The molecular weight excluding hydrogens is 344 g/mol. The Hall–Kier alpha value is -3.17. The van der Waals surface area contributed by atoms with E-state index >= 15 is 0 Å². The molecule has 2 heterocycles. The third-order valence-corrected chi connectivity index (χ3v) is 4.90. The summed E-state index contributed by atoms with van der Waals surface area (Å²) in [7, 11) is 0. The zero-order valence-electron chi connectivity index (χ0n) is 13.7. The number of nitrogens with zero attached hydrogens (tertiary/aromatic N) is 1. The van der Waals surface area contributed by atoms with Crippen molar-refractivity contribution in [1.29, 1.82) is 0 Å². The maximum Gasteiger partial charge on any atom is 0.199 e. The summed E-state index contributed by atoms with van der Waals surface area (Å²) >= 11 is 6.13. The Kier molecular flexibility index (Phi) is 3.30. The van der Waals surface area contributed by atoms with E-state index in [1.807, 2.05) is 60.7 Å². The largest absolute Gasteiger partial charge is 0.339 e. The van der Waals surface area contributed by atoms with Crippen LogP contribution in [0.2, 0.25) is 5.02 Å². The Morgan fingerprint density at radius 3 is 2.46 bits per heavy atom. The number of para-hydroxylation sites is 1. The Labute approximate surface area is 153 Å². The van der Waals surface area contributed by atoms with Crippen LogP contribution >= 0.6 is 11.6 Å². The van der Waals surface area contributed by atoms with Gasteiger partial charge in [0.2, 0.25) is 0 Å². The molecule has 5 rings (SSSR count). The van der Waals surface area contributed by atoms with Crippen molar-refractivity contribution in [3.8, 4) is 11.1 Å². The minimum atomic E-state index is -0.0617. The third-order valence-electron chi connectivity index (χ3n) is 4.66. The normalized spacial score (nSPS) is 11.4. The second-order valence-corrected chi connectivity index (χ2v) is 6.67. The molecule has 3 nitrogen and oxygen atoms in total. The van der Waals surface area contributed by atoms with Crippen LogP contribution in [0.3, 0.4) is 0 Å². The quantitative estimate of drug-likeness (QED) is 0.400. The van der Waals surface area contributed by atoms with Crippen LogP contribution in [-0.2, 0) is 0 Å². The first-order valence-corrected chi connectivity index (χ1v) is 8.69. The molecule has 0 aliphatic carbocycles. The van der Waals surface area contributed by atoms with Crippen LogP contribution in [0.15, 0.2) is 77.6 Å². The first-order valence-electron chi connectivity index (χ1n) is 8.32. The van der Waals surface area contributed by atoms with Crippen molar-refractivity contribution in [2.24, 2.45) is 0 Å². The minimum absolute atomic E-state index is 0.0617. The van der Waals surface area contributed by atoms with Crippen molar-refractivity contribution in [1.82, 2.24) is 9.97 Å². The van der Waals surface area contributed by atoms with Gasteiger partial charge in [-0.15, -0.1) is 0 Å². The summed E-state index contributed by atoms with van der Waals surface area (Å²) in [5.41, 5.74) is 3.99. The highest BCUT2D eigenvalue weighted by Crippen LogP contribution is 2.33. The van der Waals surface area contributed by atoms with E-state index in [0.717, 1.165) is 27.5 Å². The maximum atomic E-state index is 13.4. The minimum Gasteiger partial charge on any atom is -0.339 e. The monoisotopic (exact) mass is 356 g/mol. The summed E-state index contributed by atoms with van der Waals surface area (Å²) in [6.07, 6.45) is 0. The van der Waals surface area contributed by atoms with Crippen LogP contribution in [-0.4, -0.2) is 9.97 Å². The molecule has 0 saturated heterocycles. The number of halogens is 1. The second-order valence-electron chi connectivity index (χ2n) is 6.24. The van der Waals surface area contributed by atoms with Gasteiger partial charge in [-0.3, -0.25) is 4.79 Å². The Balaban J connectivity index is 2.08. The summed E-state index contributed by atoms with van der Waals surface area (Å²) in [6, 6.07) is 23.1. The topological polar surface area (TPSA) is 45.8 Å². The highest BCUT2D eigenvalue weighted by Gasteiger charge is 2.16. The second kappa shape index (κ2) is 5.68. The molecule has 0 amide bonds. The first kappa shape index (κ1) is 15.1. The number of nitrogens with one attached hydrogen (secondary N) is 1. The molecule has 0 radical (unpaired) electrons. The van der Waals surface area contributed by atoms with E-state index in [-0.39, 0.29) is 5.43 Å².